The van der Waals surface area contributed by atoms with Gasteiger partial charge in [0.05, 0.1) is 5.92 Å². The molecule has 0 rings (SSSR count). The molecule has 0 aliphatic heterocycles. The Morgan fingerprint density at radius 3 is 2.29 bits per heavy atom. The highest BCUT2D eigenvalue weighted by Crippen LogP contribution is 2.09. The van der Waals surface area contributed by atoms with E-state index in [4.69, 9.17) is 5.11 Å². The highest BCUT2D eigenvalue weighted by molar-refractivity contribution is 5.76. The lowest BCUT2D eigenvalue weighted by Gasteiger charge is -2.21. The number of hydrogen-bond donors (Lipinski definition) is 2. The average Bonchev–Trinajstić information content (AvgIpc) is 2.15. The van der Waals surface area contributed by atoms with Gasteiger partial charge in [0, 0.05) is 20.1 Å². The topological polar surface area (TPSA) is 69.6 Å². The Balaban J connectivity index is 4.21. The number of rotatable bonds is 6. The molecule has 2 N–H and O–H groups in total. The summed E-state index contributed by atoms with van der Waals surface area (Å²) in [6.07, 6.45) is 0. The molecule has 98 valence electrons. The number of carboxylic acid groups (broad SMARTS) is 1. The van der Waals surface area contributed by atoms with Crippen molar-refractivity contribution in [2.24, 2.45) is 11.8 Å². The first-order chi connectivity index (χ1) is 7.75. The molecule has 0 radical (unpaired) electrons. The zero-order chi connectivity index (χ0) is 13.6. The predicted octanol–water partition coefficient (Wildman–Crippen LogP) is 1.56. The van der Waals surface area contributed by atoms with Gasteiger partial charge in [-0.25, -0.2) is 4.79 Å². The van der Waals surface area contributed by atoms with Crippen molar-refractivity contribution < 1.29 is 14.7 Å². The molecule has 0 aliphatic rings. The summed E-state index contributed by atoms with van der Waals surface area (Å²) < 4.78 is 0. The molecule has 0 saturated heterocycles. The van der Waals surface area contributed by atoms with Gasteiger partial charge in [0.2, 0.25) is 0 Å². The Labute approximate surface area is 102 Å². The van der Waals surface area contributed by atoms with Crippen LogP contribution in [0.5, 0.6) is 0 Å². The number of nitrogens with zero attached hydrogens (tertiary/aromatic N) is 1. The lowest BCUT2D eigenvalue weighted by atomic mass is 9.96. The van der Waals surface area contributed by atoms with Crippen molar-refractivity contribution in [2.75, 3.05) is 20.1 Å². The average molecular weight is 242 g/mol. The number of carbonyl (C=O) groups excluding carboxylic acids is 1. The molecule has 0 aromatic heterocycles. The fourth-order valence-electron chi connectivity index (χ4n) is 1.42. The fourth-order valence-corrected chi connectivity index (χ4v) is 1.42. The minimum absolute atomic E-state index is 0.0146. The minimum Gasteiger partial charge on any atom is -0.481 e. The summed E-state index contributed by atoms with van der Waals surface area (Å²) in [6, 6.07) is -0.278. The Morgan fingerprint density at radius 1 is 1.41 bits per heavy atom. The number of aliphatic carboxylic acids is 1. The van der Waals surface area contributed by atoms with E-state index in [1.807, 2.05) is 20.8 Å². The summed E-state index contributed by atoms with van der Waals surface area (Å²) in [5.41, 5.74) is 0.876. The van der Waals surface area contributed by atoms with Crippen LogP contribution in [0.15, 0.2) is 12.2 Å². The predicted molar refractivity (Wildman–Crippen MR) is 66.8 cm³/mol. The van der Waals surface area contributed by atoms with Gasteiger partial charge in [-0.3, -0.25) is 4.79 Å². The Bertz CT molecular complexity index is 300. The number of amides is 2. The molecule has 0 bridgehead atoms. The van der Waals surface area contributed by atoms with Gasteiger partial charge in [-0.1, -0.05) is 26.0 Å². The van der Waals surface area contributed by atoms with E-state index in [0.717, 1.165) is 5.57 Å². The van der Waals surface area contributed by atoms with E-state index in [1.165, 1.54) is 4.90 Å². The van der Waals surface area contributed by atoms with Crippen molar-refractivity contribution in [3.63, 3.8) is 0 Å². The summed E-state index contributed by atoms with van der Waals surface area (Å²) in [5.74, 6) is -1.46. The summed E-state index contributed by atoms with van der Waals surface area (Å²) in [6.45, 7) is 9.80. The van der Waals surface area contributed by atoms with Crippen LogP contribution in [0.4, 0.5) is 4.79 Å². The van der Waals surface area contributed by atoms with Gasteiger partial charge in [-0.05, 0) is 12.8 Å². The van der Waals surface area contributed by atoms with Crippen molar-refractivity contribution in [2.45, 2.75) is 20.8 Å². The first-order valence-corrected chi connectivity index (χ1v) is 5.61. The molecule has 5 nitrogen and oxygen atoms in total. The third kappa shape index (κ3) is 5.94. The van der Waals surface area contributed by atoms with Gasteiger partial charge in [0.25, 0.3) is 0 Å². The van der Waals surface area contributed by atoms with E-state index in [9.17, 15) is 9.59 Å². The van der Waals surface area contributed by atoms with Gasteiger partial charge in [0.15, 0.2) is 0 Å². The molecule has 0 heterocycles. The van der Waals surface area contributed by atoms with Crippen LogP contribution in [0.2, 0.25) is 0 Å². The molecule has 2 amide bonds. The van der Waals surface area contributed by atoms with Crippen molar-refractivity contribution in [1.29, 1.82) is 0 Å². The van der Waals surface area contributed by atoms with E-state index in [0.29, 0.717) is 6.54 Å². The molecule has 0 aromatic carbocycles. The third-order valence-electron chi connectivity index (χ3n) is 2.45. The molecule has 0 aliphatic carbocycles. The van der Waals surface area contributed by atoms with Crippen LogP contribution in [0.3, 0.4) is 0 Å². The van der Waals surface area contributed by atoms with E-state index in [2.05, 4.69) is 11.9 Å². The van der Waals surface area contributed by atoms with Crippen molar-refractivity contribution in [3.05, 3.63) is 12.2 Å². The minimum atomic E-state index is -0.886. The Kier molecular flexibility index (Phi) is 6.31. The van der Waals surface area contributed by atoms with Crippen LogP contribution in [-0.2, 0) is 4.79 Å². The molecule has 0 spiro atoms. The number of carboxylic acids is 1. The second-order valence-electron chi connectivity index (χ2n) is 4.69. The summed E-state index contributed by atoms with van der Waals surface area (Å²) in [5, 5.41) is 11.6. The quantitative estimate of drug-likeness (QED) is 0.694. The largest absolute Gasteiger partial charge is 0.481 e. The number of nitrogens with one attached hydrogen (secondary N) is 1. The number of carbonyl (C=O) groups is 2. The summed E-state index contributed by atoms with van der Waals surface area (Å²) in [4.78, 5) is 24.0. The zero-order valence-corrected chi connectivity index (χ0v) is 11.0. The fraction of sp³-hybridized carbons (Fsp3) is 0.667. The van der Waals surface area contributed by atoms with Crippen molar-refractivity contribution in [1.82, 2.24) is 10.2 Å². The molecule has 0 aromatic rings. The van der Waals surface area contributed by atoms with Crippen LogP contribution in [-0.4, -0.2) is 42.1 Å². The van der Waals surface area contributed by atoms with Crippen LogP contribution in [0, 0.1) is 11.8 Å². The van der Waals surface area contributed by atoms with Crippen molar-refractivity contribution in [3.8, 4) is 0 Å². The van der Waals surface area contributed by atoms with Crippen LogP contribution >= 0.6 is 0 Å². The van der Waals surface area contributed by atoms with Gasteiger partial charge in [0.1, 0.15) is 0 Å². The monoisotopic (exact) mass is 242 g/mol. The second-order valence-corrected chi connectivity index (χ2v) is 4.69. The highest BCUT2D eigenvalue weighted by atomic mass is 16.4. The molecule has 1 atom stereocenters. The second kappa shape index (κ2) is 6.93. The van der Waals surface area contributed by atoms with Crippen LogP contribution in [0.1, 0.15) is 20.8 Å². The van der Waals surface area contributed by atoms with E-state index in [1.54, 1.807) is 7.05 Å². The Hall–Kier alpha value is -1.52. The molecule has 5 heteroatoms. The summed E-state index contributed by atoms with van der Waals surface area (Å²) >= 11 is 0. The SMILES string of the molecule is C=C(C)CN(C)C(=O)NCC(C(=O)O)C(C)C. The maximum Gasteiger partial charge on any atom is 0.317 e. The zero-order valence-electron chi connectivity index (χ0n) is 11.0. The van der Waals surface area contributed by atoms with Crippen LogP contribution < -0.4 is 5.32 Å². The van der Waals surface area contributed by atoms with Crippen LogP contribution in [0.25, 0.3) is 0 Å². The smallest absolute Gasteiger partial charge is 0.317 e. The molecule has 1 unspecified atom stereocenters. The van der Waals surface area contributed by atoms with Gasteiger partial charge >= 0.3 is 12.0 Å². The van der Waals surface area contributed by atoms with E-state index >= 15 is 0 Å². The normalized spacial score (nSPS) is 12.1. The lowest BCUT2D eigenvalue weighted by molar-refractivity contribution is -0.142. The molecule has 0 saturated carbocycles. The first kappa shape index (κ1) is 15.5. The maximum absolute atomic E-state index is 11.6. The molecular weight excluding hydrogens is 220 g/mol. The van der Waals surface area contributed by atoms with Gasteiger partial charge < -0.3 is 15.3 Å². The number of urea groups is 1. The molecule has 17 heavy (non-hydrogen) atoms. The van der Waals surface area contributed by atoms with E-state index < -0.39 is 11.9 Å². The number of hydrogen-bond acceptors (Lipinski definition) is 2. The van der Waals surface area contributed by atoms with Gasteiger partial charge in [-0.15, -0.1) is 0 Å². The summed E-state index contributed by atoms with van der Waals surface area (Å²) in [7, 11) is 1.65. The highest BCUT2D eigenvalue weighted by Gasteiger charge is 2.22. The molecular formula is C12H22N2O3. The third-order valence-corrected chi connectivity index (χ3v) is 2.45. The Morgan fingerprint density at radius 2 is 1.94 bits per heavy atom. The number of likely N-dealkylation sites (N-methyl/N-ethyl adjacent to an activating group) is 1. The standard InChI is InChI=1S/C12H22N2O3/c1-8(2)7-14(5)12(17)13-6-10(9(3)4)11(15)16/h9-10H,1,6-7H2,2-5H3,(H,13,17)(H,15,16). The lowest BCUT2D eigenvalue weighted by Crippen LogP contribution is -2.42. The molecule has 0 fully saturated rings. The first-order valence-electron chi connectivity index (χ1n) is 5.61. The maximum atomic E-state index is 11.6. The van der Waals surface area contributed by atoms with E-state index in [-0.39, 0.29) is 18.5 Å². The van der Waals surface area contributed by atoms with Gasteiger partial charge in [-0.2, -0.15) is 0 Å². The van der Waals surface area contributed by atoms with Crippen molar-refractivity contribution >= 4 is 12.0 Å².